The number of nitrogen functional groups attached to an aromatic ring is 1. The number of rotatable bonds is 3. The van der Waals surface area contributed by atoms with Gasteiger partial charge in [-0.2, -0.15) is 0 Å². The van der Waals surface area contributed by atoms with Crippen LogP contribution in [0.15, 0.2) is 18.2 Å². The van der Waals surface area contributed by atoms with E-state index in [0.717, 1.165) is 25.9 Å². The van der Waals surface area contributed by atoms with Crippen molar-refractivity contribution in [1.82, 2.24) is 5.32 Å². The van der Waals surface area contributed by atoms with Gasteiger partial charge in [-0.3, -0.25) is 4.79 Å². The zero-order valence-electron chi connectivity index (χ0n) is 9.71. The molecule has 0 radical (unpaired) electrons. The minimum atomic E-state index is -0.409. The predicted octanol–water partition coefficient (Wildman–Crippen LogP) is 1.98. The second kappa shape index (κ2) is 5.27. The summed E-state index contributed by atoms with van der Waals surface area (Å²) >= 11 is 0. The first-order chi connectivity index (χ1) is 8.16. The maximum Gasteiger partial charge on any atom is 0.165 e. The molecule has 4 heteroatoms. The largest absolute Gasteiger partial charge is 0.398 e. The minimum Gasteiger partial charge on any atom is -0.398 e. The zero-order chi connectivity index (χ0) is 12.3. The molecule has 0 atom stereocenters. The topological polar surface area (TPSA) is 55.1 Å². The van der Waals surface area contributed by atoms with Crippen LogP contribution in [0.4, 0.5) is 10.1 Å². The molecule has 1 fully saturated rings. The molecule has 1 saturated heterocycles. The number of ketones is 1. The van der Waals surface area contributed by atoms with Crippen LogP contribution >= 0.6 is 0 Å². The molecule has 17 heavy (non-hydrogen) atoms. The first-order valence-electron chi connectivity index (χ1n) is 5.96. The van der Waals surface area contributed by atoms with E-state index in [1.54, 1.807) is 0 Å². The van der Waals surface area contributed by atoms with E-state index in [2.05, 4.69) is 5.32 Å². The van der Waals surface area contributed by atoms with Crippen LogP contribution in [0, 0.1) is 11.7 Å². The van der Waals surface area contributed by atoms with Crippen LogP contribution < -0.4 is 11.1 Å². The van der Waals surface area contributed by atoms with Gasteiger partial charge in [-0.15, -0.1) is 0 Å². The van der Waals surface area contributed by atoms with E-state index in [1.807, 2.05) is 0 Å². The molecule has 0 aliphatic carbocycles. The number of carbonyl (C=O) groups excluding carboxylic acids is 1. The Morgan fingerprint density at radius 1 is 1.41 bits per heavy atom. The van der Waals surface area contributed by atoms with Crippen LogP contribution in [0.1, 0.15) is 29.6 Å². The van der Waals surface area contributed by atoms with Gasteiger partial charge in [0.15, 0.2) is 5.78 Å². The van der Waals surface area contributed by atoms with Gasteiger partial charge in [0.1, 0.15) is 5.82 Å². The van der Waals surface area contributed by atoms with Crippen molar-refractivity contribution in [2.24, 2.45) is 5.92 Å². The molecule has 0 amide bonds. The summed E-state index contributed by atoms with van der Waals surface area (Å²) in [5.74, 6) is -0.0619. The fourth-order valence-electron chi connectivity index (χ4n) is 2.23. The van der Waals surface area contributed by atoms with Crippen molar-refractivity contribution in [3.05, 3.63) is 29.6 Å². The number of halogens is 1. The molecule has 1 heterocycles. The standard InChI is InChI=1S/C13H17FN2O/c14-10-1-2-12(15)11(8-10)13(17)7-9-3-5-16-6-4-9/h1-2,8-9,16H,3-7,15H2. The van der Waals surface area contributed by atoms with E-state index in [1.165, 1.54) is 18.2 Å². The smallest absolute Gasteiger partial charge is 0.165 e. The van der Waals surface area contributed by atoms with E-state index in [0.29, 0.717) is 23.6 Å². The molecule has 0 saturated carbocycles. The highest BCUT2D eigenvalue weighted by atomic mass is 19.1. The molecule has 1 aromatic carbocycles. The first kappa shape index (κ1) is 12.0. The van der Waals surface area contributed by atoms with Crippen molar-refractivity contribution in [2.75, 3.05) is 18.8 Å². The molecule has 1 aliphatic heterocycles. The van der Waals surface area contributed by atoms with Gasteiger partial charge in [-0.1, -0.05) is 0 Å². The Balaban J connectivity index is 2.05. The Morgan fingerprint density at radius 3 is 2.82 bits per heavy atom. The highest BCUT2D eigenvalue weighted by molar-refractivity contribution is 6.00. The van der Waals surface area contributed by atoms with Gasteiger partial charge in [0.25, 0.3) is 0 Å². The Kier molecular flexibility index (Phi) is 3.74. The fourth-order valence-corrected chi connectivity index (χ4v) is 2.23. The second-order valence-corrected chi connectivity index (χ2v) is 4.55. The lowest BCUT2D eigenvalue weighted by molar-refractivity contribution is 0.0953. The van der Waals surface area contributed by atoms with Crippen LogP contribution in [0.2, 0.25) is 0 Å². The van der Waals surface area contributed by atoms with Gasteiger partial charge in [-0.25, -0.2) is 4.39 Å². The Labute approximate surface area is 100 Å². The molecule has 0 aromatic heterocycles. The van der Waals surface area contributed by atoms with Crippen LogP contribution in [0.3, 0.4) is 0 Å². The quantitative estimate of drug-likeness (QED) is 0.623. The number of piperidine rings is 1. The van der Waals surface area contributed by atoms with Crippen LogP contribution in [0.25, 0.3) is 0 Å². The van der Waals surface area contributed by atoms with Crippen LogP contribution in [-0.2, 0) is 0 Å². The average molecular weight is 236 g/mol. The Bertz CT molecular complexity index is 414. The van der Waals surface area contributed by atoms with Gasteiger partial charge in [0.05, 0.1) is 0 Å². The van der Waals surface area contributed by atoms with Gasteiger partial charge in [-0.05, 0) is 50.0 Å². The van der Waals surface area contributed by atoms with E-state index < -0.39 is 5.82 Å². The summed E-state index contributed by atoms with van der Waals surface area (Å²) in [6.07, 6.45) is 2.47. The normalized spacial score (nSPS) is 17.0. The molecule has 92 valence electrons. The van der Waals surface area contributed by atoms with E-state index in [9.17, 15) is 9.18 Å². The molecule has 0 spiro atoms. The number of Topliss-reactive ketones (excluding diaryl/α,β-unsaturated/α-hetero) is 1. The Hall–Kier alpha value is -1.42. The summed E-state index contributed by atoms with van der Waals surface area (Å²) in [5.41, 5.74) is 6.38. The molecular weight excluding hydrogens is 219 g/mol. The van der Waals surface area contributed by atoms with Crippen molar-refractivity contribution in [3.8, 4) is 0 Å². The monoisotopic (exact) mass is 236 g/mol. The lowest BCUT2D eigenvalue weighted by atomic mass is 9.90. The second-order valence-electron chi connectivity index (χ2n) is 4.55. The lowest BCUT2D eigenvalue weighted by Crippen LogP contribution is -2.29. The van der Waals surface area contributed by atoms with Crippen LogP contribution in [0.5, 0.6) is 0 Å². The predicted molar refractivity (Wildman–Crippen MR) is 65.4 cm³/mol. The number of carbonyl (C=O) groups is 1. The van der Waals surface area contributed by atoms with Crippen molar-refractivity contribution in [1.29, 1.82) is 0 Å². The number of nitrogens with one attached hydrogen (secondary N) is 1. The maximum absolute atomic E-state index is 13.1. The third kappa shape index (κ3) is 3.03. The van der Waals surface area contributed by atoms with E-state index in [-0.39, 0.29) is 5.78 Å². The molecule has 3 N–H and O–H groups in total. The number of benzene rings is 1. The number of anilines is 1. The summed E-state index contributed by atoms with van der Waals surface area (Å²) in [6.45, 7) is 1.91. The zero-order valence-corrected chi connectivity index (χ0v) is 9.71. The number of hydrogen-bond acceptors (Lipinski definition) is 3. The summed E-state index contributed by atoms with van der Waals surface area (Å²) < 4.78 is 13.1. The molecule has 1 aliphatic rings. The van der Waals surface area contributed by atoms with Crippen molar-refractivity contribution < 1.29 is 9.18 Å². The highest BCUT2D eigenvalue weighted by Gasteiger charge is 2.19. The number of hydrogen-bond donors (Lipinski definition) is 2. The minimum absolute atomic E-state index is 0.0473. The molecule has 0 unspecified atom stereocenters. The van der Waals surface area contributed by atoms with Gasteiger partial charge < -0.3 is 11.1 Å². The lowest BCUT2D eigenvalue weighted by Gasteiger charge is -2.22. The molecule has 2 rings (SSSR count). The van der Waals surface area contributed by atoms with Crippen molar-refractivity contribution in [2.45, 2.75) is 19.3 Å². The highest BCUT2D eigenvalue weighted by Crippen LogP contribution is 2.22. The third-order valence-electron chi connectivity index (χ3n) is 3.25. The van der Waals surface area contributed by atoms with Crippen LogP contribution in [-0.4, -0.2) is 18.9 Å². The molecule has 3 nitrogen and oxygen atoms in total. The summed E-state index contributed by atoms with van der Waals surface area (Å²) in [5, 5.41) is 3.25. The SMILES string of the molecule is Nc1ccc(F)cc1C(=O)CC1CCNCC1. The third-order valence-corrected chi connectivity index (χ3v) is 3.25. The van der Waals surface area contributed by atoms with Gasteiger partial charge in [0.2, 0.25) is 0 Å². The molecule has 0 bridgehead atoms. The van der Waals surface area contributed by atoms with Crippen molar-refractivity contribution >= 4 is 11.5 Å². The van der Waals surface area contributed by atoms with Gasteiger partial charge >= 0.3 is 0 Å². The number of nitrogens with two attached hydrogens (primary N) is 1. The summed E-state index contributed by atoms with van der Waals surface area (Å²) in [7, 11) is 0. The summed E-state index contributed by atoms with van der Waals surface area (Å²) in [6, 6.07) is 3.96. The molecular formula is C13H17FN2O. The maximum atomic E-state index is 13.1. The van der Waals surface area contributed by atoms with Gasteiger partial charge in [0, 0.05) is 17.7 Å². The fraction of sp³-hybridized carbons (Fsp3) is 0.462. The summed E-state index contributed by atoms with van der Waals surface area (Å²) in [4.78, 5) is 12.0. The average Bonchev–Trinajstić information content (AvgIpc) is 2.33. The Morgan fingerprint density at radius 2 is 2.12 bits per heavy atom. The molecule has 1 aromatic rings. The van der Waals surface area contributed by atoms with Crippen molar-refractivity contribution in [3.63, 3.8) is 0 Å². The first-order valence-corrected chi connectivity index (χ1v) is 5.96. The van der Waals surface area contributed by atoms with E-state index >= 15 is 0 Å². The van der Waals surface area contributed by atoms with E-state index in [4.69, 9.17) is 5.73 Å².